The fourth-order valence-electron chi connectivity index (χ4n) is 3.66. The summed E-state index contributed by atoms with van der Waals surface area (Å²) in [4.78, 5) is 11.4. The van der Waals surface area contributed by atoms with E-state index in [-0.39, 0.29) is 24.2 Å². The summed E-state index contributed by atoms with van der Waals surface area (Å²) < 4.78 is 32.8. The molecule has 1 saturated carbocycles. The van der Waals surface area contributed by atoms with Crippen molar-refractivity contribution in [3.63, 3.8) is 0 Å². The number of carbonyl (C=O) groups is 1. The minimum atomic E-state index is -0.599. The third-order valence-electron chi connectivity index (χ3n) is 4.47. The topological polar surface area (TPSA) is 38.3 Å². The quantitative estimate of drug-likeness (QED) is 0.910. The summed E-state index contributed by atoms with van der Waals surface area (Å²) in [5.41, 5.74) is 0.508. The summed E-state index contributed by atoms with van der Waals surface area (Å²) in [5.74, 6) is -0.961. The second kappa shape index (κ2) is 5.72. The lowest BCUT2D eigenvalue weighted by Crippen LogP contribution is -2.47. The number of hydrogen-bond acceptors (Lipinski definition) is 2. The summed E-state index contributed by atoms with van der Waals surface area (Å²) in [6.07, 6.45) is 3.28. The fourth-order valence-corrected chi connectivity index (χ4v) is 3.66. The first-order valence-corrected chi connectivity index (χ1v) is 7.41. The van der Waals surface area contributed by atoms with Gasteiger partial charge in [0.1, 0.15) is 11.6 Å². The molecule has 1 aromatic rings. The van der Waals surface area contributed by atoms with Gasteiger partial charge in [0.05, 0.1) is 12.2 Å². The van der Waals surface area contributed by atoms with Crippen LogP contribution in [-0.2, 0) is 9.53 Å². The van der Waals surface area contributed by atoms with Crippen LogP contribution in [0.25, 0.3) is 0 Å². The molecule has 0 spiro atoms. The second-order valence-corrected chi connectivity index (χ2v) is 6.00. The van der Waals surface area contributed by atoms with E-state index in [4.69, 9.17) is 4.74 Å². The Morgan fingerprint density at radius 3 is 2.62 bits per heavy atom. The predicted molar refractivity (Wildman–Crippen MR) is 73.5 cm³/mol. The van der Waals surface area contributed by atoms with Crippen molar-refractivity contribution >= 4 is 5.91 Å². The number of nitrogens with one attached hydrogen (secondary N) is 1. The van der Waals surface area contributed by atoms with Crippen molar-refractivity contribution < 1.29 is 18.3 Å². The predicted octanol–water partition coefficient (Wildman–Crippen LogP) is 3.10. The highest BCUT2D eigenvalue weighted by molar-refractivity contribution is 5.73. The van der Waals surface area contributed by atoms with E-state index < -0.39 is 11.6 Å². The Labute approximate surface area is 122 Å². The maximum absolute atomic E-state index is 13.4. The van der Waals surface area contributed by atoms with Gasteiger partial charge >= 0.3 is 0 Å². The van der Waals surface area contributed by atoms with Gasteiger partial charge in [0.15, 0.2) is 0 Å². The first-order valence-electron chi connectivity index (χ1n) is 7.41. The Balaban J connectivity index is 1.84. The van der Waals surface area contributed by atoms with E-state index in [1.165, 1.54) is 19.1 Å². The van der Waals surface area contributed by atoms with Gasteiger partial charge in [-0.2, -0.15) is 0 Å². The molecule has 5 heteroatoms. The van der Waals surface area contributed by atoms with Crippen molar-refractivity contribution in [3.8, 4) is 0 Å². The molecule has 3 rings (SSSR count). The number of fused-ring (bicyclic) bond motifs is 1. The van der Waals surface area contributed by atoms with Gasteiger partial charge < -0.3 is 10.1 Å². The molecule has 0 aromatic heterocycles. The third-order valence-corrected chi connectivity index (χ3v) is 4.47. The molecule has 2 aliphatic rings. The average molecular weight is 295 g/mol. The summed E-state index contributed by atoms with van der Waals surface area (Å²) in [5, 5.41) is 2.98. The number of ether oxygens (including phenoxy) is 1. The summed E-state index contributed by atoms with van der Waals surface area (Å²) >= 11 is 0. The van der Waals surface area contributed by atoms with Crippen LogP contribution in [0.4, 0.5) is 8.78 Å². The lowest BCUT2D eigenvalue weighted by Gasteiger charge is -2.39. The summed E-state index contributed by atoms with van der Waals surface area (Å²) in [6.45, 7) is 1.50. The van der Waals surface area contributed by atoms with Crippen molar-refractivity contribution in [1.29, 1.82) is 0 Å². The standard InChI is InChI=1S/C16H19F2NO2/c1-9(20)19-14-8-16(21-15-4-2-3-13(14)15)10-5-11(17)7-12(18)6-10/h5-7,13-16H,2-4,8H2,1H3,(H,19,20)/t13-,14+,15+,16+/m0/s1. The van der Waals surface area contributed by atoms with Gasteiger partial charge in [0, 0.05) is 24.9 Å². The monoisotopic (exact) mass is 295 g/mol. The van der Waals surface area contributed by atoms with Crippen LogP contribution < -0.4 is 5.32 Å². The Hall–Kier alpha value is -1.49. The van der Waals surface area contributed by atoms with E-state index in [1.54, 1.807) is 0 Å². The van der Waals surface area contributed by atoms with Crippen molar-refractivity contribution in [1.82, 2.24) is 5.32 Å². The molecule has 1 saturated heterocycles. The molecule has 0 radical (unpaired) electrons. The van der Waals surface area contributed by atoms with Crippen LogP contribution in [-0.4, -0.2) is 18.1 Å². The maximum Gasteiger partial charge on any atom is 0.217 e. The van der Waals surface area contributed by atoms with Crippen LogP contribution >= 0.6 is 0 Å². The minimum Gasteiger partial charge on any atom is -0.370 e. The van der Waals surface area contributed by atoms with Crippen LogP contribution in [0, 0.1) is 17.6 Å². The zero-order chi connectivity index (χ0) is 15.0. The van der Waals surface area contributed by atoms with E-state index in [9.17, 15) is 13.6 Å². The van der Waals surface area contributed by atoms with Gasteiger partial charge in [-0.1, -0.05) is 6.42 Å². The number of benzene rings is 1. The zero-order valence-electron chi connectivity index (χ0n) is 11.9. The van der Waals surface area contributed by atoms with Gasteiger partial charge in [0.2, 0.25) is 5.91 Å². The molecule has 1 heterocycles. The molecule has 0 bridgehead atoms. The number of halogens is 2. The van der Waals surface area contributed by atoms with E-state index in [2.05, 4.69) is 5.32 Å². The van der Waals surface area contributed by atoms with E-state index in [0.717, 1.165) is 25.3 Å². The van der Waals surface area contributed by atoms with Gasteiger partial charge in [-0.15, -0.1) is 0 Å². The zero-order valence-corrected chi connectivity index (χ0v) is 11.9. The van der Waals surface area contributed by atoms with Crippen LogP contribution in [0.3, 0.4) is 0 Å². The first-order chi connectivity index (χ1) is 10.0. The molecule has 1 aliphatic heterocycles. The van der Waals surface area contributed by atoms with Crippen LogP contribution in [0.15, 0.2) is 18.2 Å². The molecule has 1 aromatic carbocycles. The molecule has 0 unspecified atom stereocenters. The minimum absolute atomic E-state index is 0.0140. The van der Waals surface area contributed by atoms with E-state index in [1.807, 2.05) is 0 Å². The molecule has 3 nitrogen and oxygen atoms in total. The Bertz CT molecular complexity index is 529. The van der Waals surface area contributed by atoms with Crippen molar-refractivity contribution in [2.24, 2.45) is 5.92 Å². The van der Waals surface area contributed by atoms with Crippen molar-refractivity contribution in [3.05, 3.63) is 35.4 Å². The number of carbonyl (C=O) groups excluding carboxylic acids is 1. The normalized spacial score (nSPS) is 31.8. The Morgan fingerprint density at radius 2 is 1.95 bits per heavy atom. The Kier molecular flexibility index (Phi) is 3.93. The molecule has 4 atom stereocenters. The van der Waals surface area contributed by atoms with Gasteiger partial charge in [-0.05, 0) is 37.0 Å². The summed E-state index contributed by atoms with van der Waals surface area (Å²) in [6, 6.07) is 3.50. The fraction of sp³-hybridized carbons (Fsp3) is 0.562. The molecular formula is C16H19F2NO2. The van der Waals surface area contributed by atoms with Crippen LogP contribution in [0.1, 0.15) is 44.3 Å². The largest absolute Gasteiger partial charge is 0.370 e. The molecule has 2 fully saturated rings. The number of hydrogen-bond donors (Lipinski definition) is 1. The van der Waals surface area contributed by atoms with Gasteiger partial charge in [-0.3, -0.25) is 4.79 Å². The highest BCUT2D eigenvalue weighted by Crippen LogP contribution is 2.42. The van der Waals surface area contributed by atoms with Gasteiger partial charge in [0.25, 0.3) is 0 Å². The molecule has 114 valence electrons. The number of amides is 1. The van der Waals surface area contributed by atoms with Crippen molar-refractivity contribution in [2.75, 3.05) is 0 Å². The molecule has 1 N–H and O–H groups in total. The van der Waals surface area contributed by atoms with E-state index in [0.29, 0.717) is 17.9 Å². The van der Waals surface area contributed by atoms with Crippen LogP contribution in [0.2, 0.25) is 0 Å². The third kappa shape index (κ3) is 3.07. The van der Waals surface area contributed by atoms with E-state index >= 15 is 0 Å². The lowest BCUT2D eigenvalue weighted by atomic mass is 9.86. The maximum atomic E-state index is 13.4. The number of rotatable bonds is 2. The second-order valence-electron chi connectivity index (χ2n) is 6.00. The highest BCUT2D eigenvalue weighted by atomic mass is 19.1. The molecular weight excluding hydrogens is 276 g/mol. The van der Waals surface area contributed by atoms with Gasteiger partial charge in [-0.25, -0.2) is 8.78 Å². The lowest BCUT2D eigenvalue weighted by molar-refractivity contribution is -0.124. The Morgan fingerprint density at radius 1 is 1.24 bits per heavy atom. The summed E-state index contributed by atoms with van der Waals surface area (Å²) in [7, 11) is 0. The SMILES string of the molecule is CC(=O)N[C@@H]1C[C@H](c2cc(F)cc(F)c2)O[C@@H]2CCC[C@@H]12. The average Bonchev–Trinajstić information content (AvgIpc) is 2.85. The smallest absolute Gasteiger partial charge is 0.217 e. The van der Waals surface area contributed by atoms with Crippen LogP contribution in [0.5, 0.6) is 0 Å². The molecule has 21 heavy (non-hydrogen) atoms. The van der Waals surface area contributed by atoms with Crippen molar-refractivity contribution in [2.45, 2.75) is 50.9 Å². The first kappa shape index (κ1) is 14.4. The molecule has 1 aliphatic carbocycles. The highest BCUT2D eigenvalue weighted by Gasteiger charge is 2.42. The molecule has 1 amide bonds.